The Morgan fingerprint density at radius 2 is 2.00 bits per heavy atom. The molecule has 1 atom stereocenters. The quantitative estimate of drug-likeness (QED) is 0.642. The highest BCUT2D eigenvalue weighted by Crippen LogP contribution is 2.37. The fraction of sp³-hybridized carbons (Fsp3) is 1.00. The fourth-order valence-corrected chi connectivity index (χ4v) is 2.19. The van der Waals surface area contributed by atoms with Gasteiger partial charge in [0.25, 0.3) is 0 Å². The molecule has 1 unspecified atom stereocenters. The van der Waals surface area contributed by atoms with Gasteiger partial charge < -0.3 is 4.55 Å². The third-order valence-electron chi connectivity index (χ3n) is 1.40. The van der Waals surface area contributed by atoms with Crippen molar-refractivity contribution in [3.63, 3.8) is 0 Å². The van der Waals surface area contributed by atoms with E-state index in [0.717, 1.165) is 17.9 Å². The summed E-state index contributed by atoms with van der Waals surface area (Å²) in [4.78, 5) is 0. The average molecular weight is 151 g/mol. The Balaban J connectivity index is 3.62. The molecule has 2 N–H and O–H groups in total. The highest BCUT2D eigenvalue weighted by Gasteiger charge is 2.12. The first-order chi connectivity index (χ1) is 4.18. The molecular weight excluding hydrogens is 134 g/mol. The van der Waals surface area contributed by atoms with E-state index in [1.54, 1.807) is 0 Å². The largest absolute Gasteiger partial charge is 0.338 e. The predicted molar refractivity (Wildman–Crippen MR) is 45.0 cm³/mol. The SMILES string of the molecule is CCCS(O)(CC)NC. The van der Waals surface area contributed by atoms with Crippen LogP contribution in [-0.2, 0) is 0 Å². The zero-order chi connectivity index (χ0) is 7.33. The van der Waals surface area contributed by atoms with E-state index < -0.39 is 10.5 Å². The normalized spacial score (nSPS) is 20.9. The molecule has 0 saturated heterocycles. The first-order valence-electron chi connectivity index (χ1n) is 3.38. The highest BCUT2D eigenvalue weighted by atomic mass is 32.3. The lowest BCUT2D eigenvalue weighted by Gasteiger charge is -2.31. The number of hydrogen-bond donors (Lipinski definition) is 2. The van der Waals surface area contributed by atoms with Crippen LogP contribution in [0.1, 0.15) is 20.3 Å². The first kappa shape index (κ1) is 9.27. The van der Waals surface area contributed by atoms with Gasteiger partial charge >= 0.3 is 0 Å². The fourth-order valence-electron chi connectivity index (χ4n) is 0.728. The predicted octanol–water partition coefficient (Wildman–Crippen LogP) is 1.83. The van der Waals surface area contributed by atoms with Crippen LogP contribution in [0.5, 0.6) is 0 Å². The molecule has 0 radical (unpaired) electrons. The van der Waals surface area contributed by atoms with Crippen molar-refractivity contribution in [1.29, 1.82) is 0 Å². The van der Waals surface area contributed by atoms with Crippen molar-refractivity contribution < 1.29 is 4.55 Å². The maximum Gasteiger partial charge on any atom is 0.0110 e. The van der Waals surface area contributed by atoms with E-state index in [2.05, 4.69) is 11.6 Å². The van der Waals surface area contributed by atoms with Crippen LogP contribution in [0.25, 0.3) is 0 Å². The Hall–Kier alpha value is 0.270. The molecule has 0 aromatic carbocycles. The molecular formula is C6H17NOS. The van der Waals surface area contributed by atoms with E-state index in [-0.39, 0.29) is 0 Å². The molecule has 58 valence electrons. The minimum absolute atomic E-state index is 0.858. The molecule has 0 saturated carbocycles. The van der Waals surface area contributed by atoms with Crippen molar-refractivity contribution in [1.82, 2.24) is 4.72 Å². The molecule has 2 nitrogen and oxygen atoms in total. The maximum atomic E-state index is 9.60. The Kier molecular flexibility index (Phi) is 4.27. The highest BCUT2D eigenvalue weighted by molar-refractivity contribution is 8.27. The molecule has 0 aliphatic rings. The van der Waals surface area contributed by atoms with E-state index in [0.29, 0.717) is 0 Å². The van der Waals surface area contributed by atoms with Crippen LogP contribution < -0.4 is 4.72 Å². The first-order valence-corrected chi connectivity index (χ1v) is 5.31. The summed E-state index contributed by atoms with van der Waals surface area (Å²) in [6.45, 7) is 4.10. The van der Waals surface area contributed by atoms with Crippen LogP contribution in [0.4, 0.5) is 0 Å². The van der Waals surface area contributed by atoms with Gasteiger partial charge in [0.05, 0.1) is 0 Å². The lowest BCUT2D eigenvalue weighted by atomic mass is 10.6. The Morgan fingerprint density at radius 3 is 2.11 bits per heavy atom. The molecule has 0 aliphatic carbocycles. The van der Waals surface area contributed by atoms with Crippen molar-refractivity contribution in [3.8, 4) is 0 Å². The lowest BCUT2D eigenvalue weighted by Crippen LogP contribution is -2.20. The van der Waals surface area contributed by atoms with E-state index in [4.69, 9.17) is 0 Å². The summed E-state index contributed by atoms with van der Waals surface area (Å²) >= 11 is 0. The summed E-state index contributed by atoms with van der Waals surface area (Å²) in [7, 11) is 0.413. The van der Waals surface area contributed by atoms with Gasteiger partial charge in [0.1, 0.15) is 0 Å². The molecule has 0 amide bonds. The monoisotopic (exact) mass is 151 g/mol. The molecule has 9 heavy (non-hydrogen) atoms. The van der Waals surface area contributed by atoms with E-state index >= 15 is 0 Å². The van der Waals surface area contributed by atoms with E-state index in [9.17, 15) is 4.55 Å². The van der Waals surface area contributed by atoms with Crippen LogP contribution >= 0.6 is 10.5 Å². The van der Waals surface area contributed by atoms with E-state index in [1.165, 1.54) is 0 Å². The van der Waals surface area contributed by atoms with Crippen LogP contribution in [0.3, 0.4) is 0 Å². The van der Waals surface area contributed by atoms with Crippen molar-refractivity contribution in [2.24, 2.45) is 0 Å². The van der Waals surface area contributed by atoms with Gasteiger partial charge in [-0.3, -0.25) is 4.72 Å². The minimum atomic E-state index is -1.41. The third-order valence-corrected chi connectivity index (χ3v) is 4.20. The number of rotatable bonds is 4. The van der Waals surface area contributed by atoms with Crippen molar-refractivity contribution in [2.75, 3.05) is 18.6 Å². The van der Waals surface area contributed by atoms with E-state index in [1.807, 2.05) is 14.0 Å². The Bertz CT molecular complexity index is 73.5. The Morgan fingerprint density at radius 1 is 1.44 bits per heavy atom. The zero-order valence-corrected chi connectivity index (χ0v) is 7.29. The third kappa shape index (κ3) is 3.08. The van der Waals surface area contributed by atoms with Crippen LogP contribution in [0.2, 0.25) is 0 Å². The summed E-state index contributed by atoms with van der Waals surface area (Å²) < 4.78 is 12.6. The van der Waals surface area contributed by atoms with Crippen LogP contribution in [0, 0.1) is 0 Å². The van der Waals surface area contributed by atoms with Gasteiger partial charge in [0, 0.05) is 11.5 Å². The molecule has 3 heteroatoms. The molecule has 0 aromatic rings. The standard InChI is InChI=1S/C6H17NOS/c1-4-6-9(8,5-2)7-3/h7-8H,4-6H2,1-3H3. The summed E-state index contributed by atoms with van der Waals surface area (Å²) in [5, 5.41) is 0. The molecule has 0 heterocycles. The minimum Gasteiger partial charge on any atom is -0.338 e. The van der Waals surface area contributed by atoms with Gasteiger partial charge in [0.2, 0.25) is 0 Å². The number of nitrogens with one attached hydrogen (secondary N) is 1. The van der Waals surface area contributed by atoms with Gasteiger partial charge in [-0.15, -0.1) is 0 Å². The van der Waals surface area contributed by atoms with Gasteiger partial charge in [0.15, 0.2) is 0 Å². The molecule has 0 fully saturated rings. The molecule has 0 aromatic heterocycles. The van der Waals surface area contributed by atoms with Crippen molar-refractivity contribution in [2.45, 2.75) is 20.3 Å². The molecule has 0 aliphatic heterocycles. The van der Waals surface area contributed by atoms with Crippen molar-refractivity contribution >= 4 is 10.5 Å². The average Bonchev–Trinajstić information content (AvgIpc) is 1.89. The second kappa shape index (κ2) is 4.14. The molecule has 0 bridgehead atoms. The summed E-state index contributed by atoms with van der Waals surface area (Å²) in [5.74, 6) is 1.78. The Labute approximate surface area is 59.3 Å². The van der Waals surface area contributed by atoms with Crippen LogP contribution in [-0.4, -0.2) is 23.1 Å². The summed E-state index contributed by atoms with van der Waals surface area (Å²) in [5.41, 5.74) is 0. The van der Waals surface area contributed by atoms with Gasteiger partial charge in [-0.25, -0.2) is 0 Å². The second-order valence-corrected chi connectivity index (χ2v) is 5.12. The molecule has 0 spiro atoms. The van der Waals surface area contributed by atoms with Gasteiger partial charge in [-0.05, 0) is 13.5 Å². The second-order valence-electron chi connectivity index (χ2n) is 2.04. The summed E-state index contributed by atoms with van der Waals surface area (Å²) in [6, 6.07) is 0. The molecule has 0 rings (SSSR count). The topological polar surface area (TPSA) is 32.3 Å². The smallest absolute Gasteiger partial charge is 0.0110 e. The van der Waals surface area contributed by atoms with Gasteiger partial charge in [-0.2, -0.15) is 0 Å². The van der Waals surface area contributed by atoms with Crippen molar-refractivity contribution in [3.05, 3.63) is 0 Å². The van der Waals surface area contributed by atoms with Gasteiger partial charge in [-0.1, -0.05) is 24.3 Å². The summed E-state index contributed by atoms with van der Waals surface area (Å²) in [6.07, 6.45) is 1.06. The zero-order valence-electron chi connectivity index (χ0n) is 6.48. The lowest BCUT2D eigenvalue weighted by molar-refractivity contribution is 0.613. The van der Waals surface area contributed by atoms with Crippen LogP contribution in [0.15, 0.2) is 0 Å². The number of hydrogen-bond acceptors (Lipinski definition) is 2. The maximum absolute atomic E-state index is 9.60.